The summed E-state index contributed by atoms with van der Waals surface area (Å²) in [5.74, 6) is 0. The Morgan fingerprint density at radius 2 is 2.50 bits per heavy atom. The SMILES string of the molecule is O=[P+](O)OSS. The maximum absolute atomic E-state index is 9.46. The molecule has 0 aromatic heterocycles. The van der Waals surface area contributed by atoms with Crippen LogP contribution in [-0.4, -0.2) is 4.89 Å². The van der Waals surface area contributed by atoms with Gasteiger partial charge in [0, 0.05) is 4.57 Å². The normalized spacial score (nSPS) is 11.3. The van der Waals surface area contributed by atoms with Crippen molar-refractivity contribution in [1.29, 1.82) is 0 Å². The molecule has 6 heteroatoms. The standard InChI is InChI=1S/HO3PS2/c1-4(2)3-6-5/h(H-,1,2,5)/p+1. The van der Waals surface area contributed by atoms with Gasteiger partial charge in [-0.1, -0.05) is 11.7 Å². The molecular formula is H2O3PS2+. The molecule has 0 aliphatic rings. The molecule has 1 unspecified atom stereocenters. The highest BCUT2D eigenvalue weighted by Gasteiger charge is 2.09. The van der Waals surface area contributed by atoms with Gasteiger partial charge < -0.3 is 0 Å². The minimum atomic E-state index is -2.46. The fraction of sp³-hybridized carbons (Fsp3) is 0. The van der Waals surface area contributed by atoms with Crippen molar-refractivity contribution in [3.05, 3.63) is 0 Å². The van der Waals surface area contributed by atoms with Gasteiger partial charge in [-0.25, -0.2) is 0 Å². The highest BCUT2D eigenvalue weighted by molar-refractivity contribution is 8.67. The summed E-state index contributed by atoms with van der Waals surface area (Å²) >= 11 is 3.98. The largest absolute Gasteiger partial charge is 0.708 e. The first-order chi connectivity index (χ1) is 2.77. The van der Waals surface area contributed by atoms with Crippen molar-refractivity contribution in [1.82, 2.24) is 0 Å². The molecular weight excluding hydrogens is 143 g/mol. The minimum absolute atomic E-state index is 0.570. The maximum Gasteiger partial charge on any atom is 0.708 e. The molecule has 3 nitrogen and oxygen atoms in total. The smallest absolute Gasteiger partial charge is 0.133 e. The second-order valence-corrected chi connectivity index (χ2v) is 2.06. The van der Waals surface area contributed by atoms with Crippen molar-refractivity contribution < 1.29 is 13.4 Å². The Morgan fingerprint density at radius 1 is 2.00 bits per heavy atom. The molecule has 0 saturated heterocycles. The Hall–Kier alpha value is 0.720. The second kappa shape index (κ2) is 3.89. The van der Waals surface area contributed by atoms with E-state index in [0.29, 0.717) is 11.1 Å². The minimum Gasteiger partial charge on any atom is -0.133 e. The first-order valence-corrected chi connectivity index (χ1v) is 3.84. The fourth-order valence-electron chi connectivity index (χ4n) is 0.0285. The van der Waals surface area contributed by atoms with E-state index in [-0.39, 0.29) is 0 Å². The summed E-state index contributed by atoms with van der Waals surface area (Å²) in [6, 6.07) is 0. The molecule has 0 fully saturated rings. The summed E-state index contributed by atoms with van der Waals surface area (Å²) in [5, 5.41) is 0. The van der Waals surface area contributed by atoms with Crippen LogP contribution < -0.4 is 0 Å². The summed E-state index contributed by atoms with van der Waals surface area (Å²) in [7, 11) is -2.46. The monoisotopic (exact) mass is 145 g/mol. The Bertz CT molecular complexity index is 52.8. The zero-order valence-corrected chi connectivity index (χ0v) is 5.17. The van der Waals surface area contributed by atoms with Crippen LogP contribution in [0, 0.1) is 0 Å². The van der Waals surface area contributed by atoms with Gasteiger partial charge in [-0.3, -0.25) is 0 Å². The van der Waals surface area contributed by atoms with Crippen molar-refractivity contribution >= 4 is 31.0 Å². The third-order valence-corrected chi connectivity index (χ3v) is 1.47. The van der Waals surface area contributed by atoms with Gasteiger partial charge in [-0.05, 0) is 3.97 Å². The van der Waals surface area contributed by atoms with E-state index in [1.807, 2.05) is 0 Å². The average molecular weight is 145 g/mol. The molecule has 0 aliphatic heterocycles. The van der Waals surface area contributed by atoms with E-state index >= 15 is 0 Å². The van der Waals surface area contributed by atoms with E-state index in [0.717, 1.165) is 0 Å². The van der Waals surface area contributed by atoms with Crippen molar-refractivity contribution in [3.63, 3.8) is 0 Å². The second-order valence-electron chi connectivity index (χ2n) is 0.387. The lowest BCUT2D eigenvalue weighted by atomic mass is 15.8. The number of hydrogen-bond acceptors (Lipinski definition) is 4. The van der Waals surface area contributed by atoms with E-state index in [1.54, 1.807) is 0 Å². The summed E-state index contributed by atoms with van der Waals surface area (Å²) in [6.45, 7) is 0. The number of thiol groups is 1. The molecule has 6 heavy (non-hydrogen) atoms. The average Bonchev–Trinajstić information content (AvgIpc) is 1.35. The molecule has 0 spiro atoms. The Morgan fingerprint density at radius 3 is 2.50 bits per heavy atom. The van der Waals surface area contributed by atoms with Gasteiger partial charge in [0.25, 0.3) is 0 Å². The third kappa shape index (κ3) is 4.72. The van der Waals surface area contributed by atoms with Crippen LogP contribution in [0.25, 0.3) is 0 Å². The zero-order valence-electron chi connectivity index (χ0n) is 2.57. The zero-order chi connectivity index (χ0) is 4.99. The Kier molecular flexibility index (Phi) is 4.36. The molecule has 0 rings (SSSR count). The number of hydrogen-bond donors (Lipinski definition) is 2. The van der Waals surface area contributed by atoms with E-state index < -0.39 is 8.25 Å². The fourth-order valence-corrected chi connectivity index (χ4v) is 0.770. The Balaban J connectivity index is 2.83. The molecule has 1 atom stereocenters. The van der Waals surface area contributed by atoms with Gasteiger partial charge in [-0.15, -0.1) is 4.89 Å². The summed E-state index contributed by atoms with van der Waals surface area (Å²) in [4.78, 5) is 7.77. The topological polar surface area (TPSA) is 46.5 Å². The van der Waals surface area contributed by atoms with Gasteiger partial charge in [0.2, 0.25) is 0 Å². The highest BCUT2D eigenvalue weighted by atomic mass is 33.1. The molecule has 0 bridgehead atoms. The molecule has 0 saturated carbocycles. The van der Waals surface area contributed by atoms with E-state index in [9.17, 15) is 4.57 Å². The predicted octanol–water partition coefficient (Wildman–Crippen LogP) is 1.15. The van der Waals surface area contributed by atoms with Crippen LogP contribution in [0.1, 0.15) is 0 Å². The van der Waals surface area contributed by atoms with Crippen molar-refractivity contribution in [3.8, 4) is 0 Å². The van der Waals surface area contributed by atoms with Crippen LogP contribution in [-0.2, 0) is 8.54 Å². The summed E-state index contributed by atoms with van der Waals surface area (Å²) in [5.41, 5.74) is 0. The molecule has 0 aromatic rings. The van der Waals surface area contributed by atoms with Gasteiger partial charge in [0.15, 0.2) is 0 Å². The van der Waals surface area contributed by atoms with E-state index in [4.69, 9.17) is 4.89 Å². The van der Waals surface area contributed by atoms with Gasteiger partial charge in [0.1, 0.15) is 11.1 Å². The van der Waals surface area contributed by atoms with Crippen LogP contribution in [0.3, 0.4) is 0 Å². The summed E-state index contributed by atoms with van der Waals surface area (Å²) in [6.07, 6.45) is 0. The molecule has 1 N–H and O–H groups in total. The van der Waals surface area contributed by atoms with Crippen LogP contribution in [0.15, 0.2) is 0 Å². The molecule has 0 aliphatic carbocycles. The first-order valence-electron chi connectivity index (χ1n) is 0.914. The molecule has 0 heterocycles. The lowest BCUT2D eigenvalue weighted by Gasteiger charge is -1.64. The molecule has 0 aromatic carbocycles. The Labute approximate surface area is 45.0 Å². The lowest BCUT2D eigenvalue weighted by Crippen LogP contribution is -1.50. The molecule has 36 valence electrons. The predicted molar refractivity (Wildman–Crippen MR) is 27.5 cm³/mol. The van der Waals surface area contributed by atoms with E-state index in [1.165, 1.54) is 0 Å². The van der Waals surface area contributed by atoms with Crippen molar-refractivity contribution in [2.45, 2.75) is 0 Å². The van der Waals surface area contributed by atoms with Crippen LogP contribution in [0.5, 0.6) is 0 Å². The molecule has 0 radical (unpaired) electrons. The van der Waals surface area contributed by atoms with Crippen molar-refractivity contribution in [2.24, 2.45) is 0 Å². The van der Waals surface area contributed by atoms with Gasteiger partial charge in [0.05, 0.1) is 0 Å². The van der Waals surface area contributed by atoms with Crippen LogP contribution >= 0.6 is 31.0 Å². The number of rotatable bonds is 2. The highest BCUT2D eigenvalue weighted by Crippen LogP contribution is 2.25. The molecule has 0 amide bonds. The lowest BCUT2D eigenvalue weighted by molar-refractivity contribution is 0.434. The van der Waals surface area contributed by atoms with E-state index in [2.05, 4.69) is 15.6 Å². The van der Waals surface area contributed by atoms with Crippen LogP contribution in [0.4, 0.5) is 0 Å². The van der Waals surface area contributed by atoms with Gasteiger partial charge in [-0.2, -0.15) is 0 Å². The quantitative estimate of drug-likeness (QED) is 0.265. The van der Waals surface area contributed by atoms with Gasteiger partial charge >= 0.3 is 8.25 Å². The first kappa shape index (κ1) is 6.72. The van der Waals surface area contributed by atoms with Crippen molar-refractivity contribution in [2.75, 3.05) is 0 Å². The maximum atomic E-state index is 9.46. The summed E-state index contributed by atoms with van der Waals surface area (Å²) < 4.78 is 13.3. The third-order valence-electron chi connectivity index (χ3n) is 0.0971. The van der Waals surface area contributed by atoms with Crippen LogP contribution in [0.2, 0.25) is 0 Å².